The molecule has 4 rings (SSSR count). The molecule has 3 heteroatoms. The van der Waals surface area contributed by atoms with Crippen molar-refractivity contribution in [2.75, 3.05) is 0 Å². The van der Waals surface area contributed by atoms with Gasteiger partial charge in [-0.15, -0.1) is 0 Å². The molecule has 3 aromatic carbocycles. The van der Waals surface area contributed by atoms with Crippen LogP contribution in [0.15, 0.2) is 48.5 Å². The Hall–Kier alpha value is -2.55. The third-order valence-electron chi connectivity index (χ3n) is 5.08. The molecule has 0 atom stereocenters. The molecule has 0 saturated heterocycles. The minimum atomic E-state index is -1.43. The third kappa shape index (κ3) is 2.92. The van der Waals surface area contributed by atoms with E-state index in [1.165, 1.54) is 29.5 Å². The zero-order valence-electron chi connectivity index (χ0n) is 14.6. The molecular weight excluding hydrogens is 333 g/mol. The van der Waals surface area contributed by atoms with Gasteiger partial charge in [0.2, 0.25) is 0 Å². The van der Waals surface area contributed by atoms with Crippen molar-refractivity contribution in [3.05, 3.63) is 82.7 Å². The van der Waals surface area contributed by atoms with E-state index < -0.39 is 17.5 Å². The Bertz CT molecular complexity index is 966. The SMILES string of the molecule is CCCCc1ccc2c(c1)Cc1cc(-c3cc(F)c(F)c(F)c3)ccc1-2. The van der Waals surface area contributed by atoms with Crippen molar-refractivity contribution in [3.8, 4) is 22.3 Å². The maximum Gasteiger partial charge on any atom is 0.194 e. The van der Waals surface area contributed by atoms with Gasteiger partial charge in [-0.25, -0.2) is 13.2 Å². The van der Waals surface area contributed by atoms with E-state index in [4.69, 9.17) is 0 Å². The summed E-state index contributed by atoms with van der Waals surface area (Å²) in [5, 5.41) is 0. The average molecular weight is 352 g/mol. The van der Waals surface area contributed by atoms with Crippen LogP contribution >= 0.6 is 0 Å². The van der Waals surface area contributed by atoms with Crippen LogP contribution in [-0.4, -0.2) is 0 Å². The second kappa shape index (κ2) is 6.64. The summed E-state index contributed by atoms with van der Waals surface area (Å²) in [4.78, 5) is 0. The minimum absolute atomic E-state index is 0.351. The Morgan fingerprint density at radius 1 is 0.769 bits per heavy atom. The second-order valence-electron chi connectivity index (χ2n) is 6.90. The molecule has 0 saturated carbocycles. The molecule has 0 aliphatic heterocycles. The van der Waals surface area contributed by atoms with Crippen LogP contribution in [0.1, 0.15) is 36.5 Å². The first kappa shape index (κ1) is 16.9. The van der Waals surface area contributed by atoms with Gasteiger partial charge in [0.05, 0.1) is 0 Å². The van der Waals surface area contributed by atoms with E-state index in [2.05, 4.69) is 25.1 Å². The van der Waals surface area contributed by atoms with Gasteiger partial charge in [0.25, 0.3) is 0 Å². The molecule has 1 aliphatic carbocycles. The summed E-state index contributed by atoms with van der Waals surface area (Å²) in [6.07, 6.45) is 4.24. The summed E-state index contributed by atoms with van der Waals surface area (Å²) in [6, 6.07) is 14.5. The number of unbranched alkanes of at least 4 members (excludes halogenated alkanes) is 1. The number of halogens is 3. The van der Waals surface area contributed by atoms with Crippen LogP contribution in [0.2, 0.25) is 0 Å². The van der Waals surface area contributed by atoms with E-state index in [0.29, 0.717) is 11.1 Å². The number of rotatable bonds is 4. The van der Waals surface area contributed by atoms with Crippen molar-refractivity contribution >= 4 is 0 Å². The Balaban J connectivity index is 1.69. The molecule has 1 aliphatic rings. The number of aryl methyl sites for hydroxylation is 1. The van der Waals surface area contributed by atoms with Crippen LogP contribution in [0.4, 0.5) is 13.2 Å². The third-order valence-corrected chi connectivity index (χ3v) is 5.08. The number of hydrogen-bond donors (Lipinski definition) is 0. The van der Waals surface area contributed by atoms with Crippen molar-refractivity contribution in [2.24, 2.45) is 0 Å². The van der Waals surface area contributed by atoms with Crippen molar-refractivity contribution in [3.63, 3.8) is 0 Å². The van der Waals surface area contributed by atoms with Crippen molar-refractivity contribution in [1.29, 1.82) is 0 Å². The summed E-state index contributed by atoms with van der Waals surface area (Å²) in [5.74, 6) is -3.75. The molecule has 3 aromatic rings. The lowest BCUT2D eigenvalue weighted by Crippen LogP contribution is -1.92. The molecule has 0 fully saturated rings. The smallest absolute Gasteiger partial charge is 0.194 e. The highest BCUT2D eigenvalue weighted by Gasteiger charge is 2.20. The molecule has 0 heterocycles. The lowest BCUT2D eigenvalue weighted by Gasteiger charge is -2.07. The fourth-order valence-corrected chi connectivity index (χ4v) is 3.70. The number of benzene rings is 3. The molecule has 0 amide bonds. The van der Waals surface area contributed by atoms with Gasteiger partial charge >= 0.3 is 0 Å². The first-order valence-corrected chi connectivity index (χ1v) is 8.97. The lowest BCUT2D eigenvalue weighted by molar-refractivity contribution is 0.448. The quantitative estimate of drug-likeness (QED) is 0.359. The Kier molecular flexibility index (Phi) is 4.31. The zero-order valence-corrected chi connectivity index (χ0v) is 14.6. The maximum atomic E-state index is 13.5. The van der Waals surface area contributed by atoms with E-state index in [9.17, 15) is 13.2 Å². The van der Waals surface area contributed by atoms with E-state index in [0.717, 1.165) is 36.1 Å². The highest BCUT2D eigenvalue weighted by Crippen LogP contribution is 2.39. The number of fused-ring (bicyclic) bond motifs is 3. The predicted molar refractivity (Wildman–Crippen MR) is 98.6 cm³/mol. The van der Waals surface area contributed by atoms with Gasteiger partial charge in [-0.3, -0.25) is 0 Å². The molecule has 26 heavy (non-hydrogen) atoms. The number of hydrogen-bond acceptors (Lipinski definition) is 0. The summed E-state index contributed by atoms with van der Waals surface area (Å²) < 4.78 is 40.3. The summed E-state index contributed by atoms with van der Waals surface area (Å²) in [6.45, 7) is 2.19. The average Bonchev–Trinajstić information content (AvgIpc) is 3.00. The van der Waals surface area contributed by atoms with Crippen LogP contribution in [0.3, 0.4) is 0 Å². The maximum absolute atomic E-state index is 13.5. The topological polar surface area (TPSA) is 0 Å². The molecule has 0 unspecified atom stereocenters. The molecule has 0 spiro atoms. The molecule has 0 bridgehead atoms. The molecule has 132 valence electrons. The van der Waals surface area contributed by atoms with Crippen LogP contribution in [-0.2, 0) is 12.8 Å². The molecule has 0 N–H and O–H groups in total. The van der Waals surface area contributed by atoms with E-state index in [1.54, 1.807) is 0 Å². The lowest BCUT2D eigenvalue weighted by atomic mass is 9.98. The fraction of sp³-hybridized carbons (Fsp3) is 0.217. The minimum Gasteiger partial charge on any atom is -0.204 e. The van der Waals surface area contributed by atoms with Crippen LogP contribution in [0.5, 0.6) is 0 Å². The highest BCUT2D eigenvalue weighted by molar-refractivity contribution is 5.80. The summed E-state index contributed by atoms with van der Waals surface area (Å²) in [7, 11) is 0. The van der Waals surface area contributed by atoms with Gasteiger partial charge in [-0.1, -0.05) is 49.7 Å². The molecule has 0 aromatic heterocycles. The predicted octanol–water partition coefficient (Wildman–Crippen LogP) is 6.68. The van der Waals surface area contributed by atoms with Crippen LogP contribution in [0.25, 0.3) is 22.3 Å². The van der Waals surface area contributed by atoms with E-state index >= 15 is 0 Å². The van der Waals surface area contributed by atoms with Crippen molar-refractivity contribution < 1.29 is 13.2 Å². The first-order chi connectivity index (χ1) is 12.6. The van der Waals surface area contributed by atoms with Crippen LogP contribution < -0.4 is 0 Å². The second-order valence-corrected chi connectivity index (χ2v) is 6.90. The molecule has 0 radical (unpaired) electrons. The largest absolute Gasteiger partial charge is 0.204 e. The van der Waals surface area contributed by atoms with Crippen molar-refractivity contribution in [2.45, 2.75) is 32.6 Å². The normalized spacial score (nSPS) is 12.2. The van der Waals surface area contributed by atoms with E-state index in [1.807, 2.05) is 18.2 Å². The standard InChI is InChI=1S/C23H19F3/c1-2-3-4-14-5-7-19-17(9-14)11-18-10-15(6-8-20(18)19)16-12-21(24)23(26)22(25)13-16/h5-10,12-13H,2-4,11H2,1H3. The van der Waals surface area contributed by atoms with Gasteiger partial charge < -0.3 is 0 Å². The zero-order chi connectivity index (χ0) is 18.3. The van der Waals surface area contributed by atoms with Gasteiger partial charge in [0.15, 0.2) is 17.5 Å². The van der Waals surface area contributed by atoms with Gasteiger partial charge in [0.1, 0.15) is 0 Å². The fourth-order valence-electron chi connectivity index (χ4n) is 3.70. The van der Waals surface area contributed by atoms with Gasteiger partial charge in [-0.05, 0) is 70.3 Å². The Morgan fingerprint density at radius 3 is 2.12 bits per heavy atom. The summed E-state index contributed by atoms with van der Waals surface area (Å²) >= 11 is 0. The van der Waals surface area contributed by atoms with Crippen LogP contribution in [0, 0.1) is 17.5 Å². The molecule has 0 nitrogen and oxygen atoms in total. The van der Waals surface area contributed by atoms with Crippen molar-refractivity contribution in [1.82, 2.24) is 0 Å². The summed E-state index contributed by atoms with van der Waals surface area (Å²) in [5.41, 5.74) is 7.21. The molecular formula is C23H19F3. The first-order valence-electron chi connectivity index (χ1n) is 8.97. The Morgan fingerprint density at radius 2 is 1.42 bits per heavy atom. The Labute approximate surface area is 151 Å². The monoisotopic (exact) mass is 352 g/mol. The van der Waals surface area contributed by atoms with Gasteiger partial charge in [0, 0.05) is 0 Å². The van der Waals surface area contributed by atoms with Gasteiger partial charge in [-0.2, -0.15) is 0 Å². The highest BCUT2D eigenvalue weighted by atomic mass is 19.2. The van der Waals surface area contributed by atoms with E-state index in [-0.39, 0.29) is 0 Å².